The van der Waals surface area contributed by atoms with Gasteiger partial charge in [-0.25, -0.2) is 0 Å². The highest BCUT2D eigenvalue weighted by atomic mass is 79.9. The fraction of sp³-hybridized carbons (Fsp3) is 0. The van der Waals surface area contributed by atoms with E-state index < -0.39 is 0 Å². The van der Waals surface area contributed by atoms with Crippen molar-refractivity contribution in [3.05, 3.63) is 28.9 Å². The van der Waals surface area contributed by atoms with Crippen LogP contribution in [0.4, 0.5) is 11.4 Å². The van der Waals surface area contributed by atoms with E-state index in [-0.39, 0.29) is 0 Å². The van der Waals surface area contributed by atoms with Crippen molar-refractivity contribution in [1.29, 1.82) is 0 Å². The molecule has 0 saturated carbocycles. The van der Waals surface area contributed by atoms with Gasteiger partial charge in [-0.15, -0.1) is 0 Å². The van der Waals surface area contributed by atoms with Crippen LogP contribution in [0.5, 0.6) is 0 Å². The molecule has 0 atom stereocenters. The Morgan fingerprint density at radius 3 is 2.77 bits per heavy atom. The topological polar surface area (TPSA) is 64.9 Å². The number of nitrogen functional groups attached to an aromatic ring is 2. The van der Waals surface area contributed by atoms with Crippen molar-refractivity contribution in [2.45, 2.75) is 0 Å². The van der Waals surface area contributed by atoms with Crippen molar-refractivity contribution in [2.75, 3.05) is 11.5 Å². The number of anilines is 2. The quantitative estimate of drug-likeness (QED) is 0.739. The van der Waals surface area contributed by atoms with E-state index in [2.05, 4.69) is 20.9 Å². The summed E-state index contributed by atoms with van der Waals surface area (Å²) in [5, 5.41) is 0.884. The van der Waals surface area contributed by atoms with Gasteiger partial charge in [-0.05, 0) is 22.0 Å². The molecule has 2 aromatic rings. The van der Waals surface area contributed by atoms with Gasteiger partial charge in [-0.2, -0.15) is 0 Å². The van der Waals surface area contributed by atoms with E-state index in [1.165, 1.54) is 0 Å². The lowest BCUT2D eigenvalue weighted by molar-refractivity contribution is 1.40. The predicted molar refractivity (Wildman–Crippen MR) is 58.3 cm³/mol. The summed E-state index contributed by atoms with van der Waals surface area (Å²) >= 11 is 3.40. The third-order valence-electron chi connectivity index (χ3n) is 1.92. The Hall–Kier alpha value is -1.29. The Labute approximate surface area is 83.9 Å². The molecule has 0 aliphatic heterocycles. The molecule has 2 rings (SSSR count). The van der Waals surface area contributed by atoms with Gasteiger partial charge < -0.3 is 11.5 Å². The summed E-state index contributed by atoms with van der Waals surface area (Å²) < 4.78 is 0.928. The molecule has 1 aromatic heterocycles. The van der Waals surface area contributed by atoms with Gasteiger partial charge in [0.25, 0.3) is 0 Å². The fourth-order valence-electron chi connectivity index (χ4n) is 1.22. The summed E-state index contributed by atoms with van der Waals surface area (Å²) in [6.45, 7) is 0. The molecule has 1 heterocycles. The van der Waals surface area contributed by atoms with Crippen LogP contribution in [0.1, 0.15) is 0 Å². The molecule has 0 radical (unpaired) electrons. The minimum atomic E-state index is 0.519. The van der Waals surface area contributed by atoms with Gasteiger partial charge in [0.1, 0.15) is 0 Å². The van der Waals surface area contributed by atoms with Crippen LogP contribution in [0.25, 0.3) is 10.9 Å². The number of benzene rings is 1. The fourth-order valence-corrected chi connectivity index (χ4v) is 1.69. The van der Waals surface area contributed by atoms with E-state index in [4.69, 9.17) is 11.5 Å². The average Bonchev–Trinajstić information content (AvgIpc) is 2.12. The highest BCUT2D eigenvalue weighted by Gasteiger charge is 2.04. The summed E-state index contributed by atoms with van der Waals surface area (Å²) in [7, 11) is 0. The minimum absolute atomic E-state index is 0.519. The SMILES string of the molecule is Nc1cnc2c(Br)cccc2c1N. The zero-order valence-corrected chi connectivity index (χ0v) is 8.38. The molecule has 0 amide bonds. The molecule has 4 heteroatoms. The molecule has 0 aliphatic rings. The standard InChI is InChI=1S/C9H8BrN3/c10-6-3-1-2-5-8(12)7(11)4-13-9(5)6/h1-4H,11H2,(H2,12,13). The largest absolute Gasteiger partial charge is 0.396 e. The van der Waals surface area contributed by atoms with Gasteiger partial charge in [0.2, 0.25) is 0 Å². The summed E-state index contributed by atoms with van der Waals surface area (Å²) in [5.74, 6) is 0. The lowest BCUT2D eigenvalue weighted by atomic mass is 10.2. The molecule has 0 fully saturated rings. The first-order valence-electron chi connectivity index (χ1n) is 3.78. The number of hydrogen-bond acceptors (Lipinski definition) is 3. The van der Waals surface area contributed by atoms with E-state index in [1.807, 2.05) is 18.2 Å². The number of halogens is 1. The zero-order valence-electron chi connectivity index (χ0n) is 6.79. The van der Waals surface area contributed by atoms with Gasteiger partial charge in [-0.1, -0.05) is 12.1 Å². The first-order valence-corrected chi connectivity index (χ1v) is 4.57. The van der Waals surface area contributed by atoms with Crippen LogP contribution in [-0.4, -0.2) is 4.98 Å². The minimum Gasteiger partial charge on any atom is -0.396 e. The smallest absolute Gasteiger partial charge is 0.0866 e. The van der Waals surface area contributed by atoms with E-state index in [9.17, 15) is 0 Å². The Balaban J connectivity index is 2.94. The summed E-state index contributed by atoms with van der Waals surface area (Å²) in [4.78, 5) is 4.19. The van der Waals surface area contributed by atoms with E-state index in [0.29, 0.717) is 11.4 Å². The number of nitrogens with two attached hydrogens (primary N) is 2. The molecule has 0 unspecified atom stereocenters. The number of rotatable bonds is 0. The molecule has 0 saturated heterocycles. The Morgan fingerprint density at radius 1 is 1.23 bits per heavy atom. The second-order valence-corrected chi connectivity index (χ2v) is 3.62. The lowest BCUT2D eigenvalue weighted by Gasteiger charge is -2.04. The highest BCUT2D eigenvalue weighted by Crippen LogP contribution is 2.28. The normalized spacial score (nSPS) is 10.5. The van der Waals surface area contributed by atoms with Gasteiger partial charge in [0.05, 0.1) is 23.1 Å². The van der Waals surface area contributed by atoms with Crippen LogP contribution in [-0.2, 0) is 0 Å². The molecule has 1 aromatic carbocycles. The monoisotopic (exact) mass is 237 g/mol. The van der Waals surface area contributed by atoms with Crippen molar-refractivity contribution in [2.24, 2.45) is 0 Å². The van der Waals surface area contributed by atoms with Crippen molar-refractivity contribution >= 4 is 38.2 Å². The molecule has 4 N–H and O–H groups in total. The maximum atomic E-state index is 5.80. The number of nitrogens with zero attached hydrogens (tertiary/aromatic N) is 1. The number of hydrogen-bond donors (Lipinski definition) is 2. The van der Waals surface area contributed by atoms with Crippen molar-refractivity contribution < 1.29 is 0 Å². The number of fused-ring (bicyclic) bond motifs is 1. The lowest BCUT2D eigenvalue weighted by Crippen LogP contribution is -1.97. The number of para-hydroxylation sites is 1. The van der Waals surface area contributed by atoms with Crippen molar-refractivity contribution in [3.8, 4) is 0 Å². The van der Waals surface area contributed by atoms with Gasteiger partial charge >= 0.3 is 0 Å². The van der Waals surface area contributed by atoms with Crippen LogP contribution in [0, 0.1) is 0 Å². The maximum Gasteiger partial charge on any atom is 0.0866 e. The van der Waals surface area contributed by atoms with Crippen LogP contribution < -0.4 is 11.5 Å². The van der Waals surface area contributed by atoms with Crippen molar-refractivity contribution in [1.82, 2.24) is 4.98 Å². The third-order valence-corrected chi connectivity index (χ3v) is 2.56. The first-order chi connectivity index (χ1) is 6.20. The Morgan fingerprint density at radius 2 is 2.00 bits per heavy atom. The Bertz CT molecular complexity index is 468. The zero-order chi connectivity index (χ0) is 9.42. The summed E-state index contributed by atoms with van der Waals surface area (Å²) in [6, 6.07) is 5.73. The molecular formula is C9H8BrN3. The average molecular weight is 238 g/mol. The third kappa shape index (κ3) is 1.23. The molecule has 66 valence electrons. The van der Waals surface area contributed by atoms with Crippen molar-refractivity contribution in [3.63, 3.8) is 0 Å². The van der Waals surface area contributed by atoms with Gasteiger partial charge in [0, 0.05) is 9.86 Å². The van der Waals surface area contributed by atoms with Crippen LogP contribution >= 0.6 is 15.9 Å². The summed E-state index contributed by atoms with van der Waals surface area (Å²) in [6.07, 6.45) is 1.57. The summed E-state index contributed by atoms with van der Waals surface area (Å²) in [5.41, 5.74) is 13.4. The molecule has 0 aliphatic carbocycles. The second kappa shape index (κ2) is 2.88. The second-order valence-electron chi connectivity index (χ2n) is 2.76. The van der Waals surface area contributed by atoms with Gasteiger partial charge in [0.15, 0.2) is 0 Å². The highest BCUT2D eigenvalue weighted by molar-refractivity contribution is 9.10. The Kier molecular flexibility index (Phi) is 1.84. The van der Waals surface area contributed by atoms with E-state index >= 15 is 0 Å². The molecular weight excluding hydrogens is 230 g/mol. The maximum absolute atomic E-state index is 5.80. The van der Waals surface area contributed by atoms with E-state index in [0.717, 1.165) is 15.4 Å². The predicted octanol–water partition coefficient (Wildman–Crippen LogP) is 2.16. The van der Waals surface area contributed by atoms with Crippen LogP contribution in [0.2, 0.25) is 0 Å². The molecule has 0 bridgehead atoms. The number of pyridine rings is 1. The molecule has 0 spiro atoms. The van der Waals surface area contributed by atoms with Gasteiger partial charge in [-0.3, -0.25) is 4.98 Å². The van der Waals surface area contributed by atoms with E-state index in [1.54, 1.807) is 6.20 Å². The first kappa shape index (κ1) is 8.31. The van der Waals surface area contributed by atoms with Crippen LogP contribution in [0.3, 0.4) is 0 Å². The number of aromatic nitrogens is 1. The molecule has 3 nitrogen and oxygen atoms in total. The molecule has 13 heavy (non-hydrogen) atoms. The van der Waals surface area contributed by atoms with Crippen LogP contribution in [0.15, 0.2) is 28.9 Å².